The van der Waals surface area contributed by atoms with E-state index in [2.05, 4.69) is 66.4 Å². The molecule has 2 N–H and O–H groups in total. The molecule has 0 aliphatic carbocycles. The first-order valence-corrected chi connectivity index (χ1v) is 30.4. The number of hydrogen-bond acceptors (Lipinski definition) is 12. The third-order valence-corrected chi connectivity index (χ3v) is 18.0. The zero-order valence-electron chi connectivity index (χ0n) is 50.2. The number of benzene rings is 4. The van der Waals surface area contributed by atoms with E-state index in [0.717, 1.165) is 28.7 Å². The lowest BCUT2D eigenvalue weighted by molar-refractivity contribution is -0.120. The summed E-state index contributed by atoms with van der Waals surface area (Å²) in [5.74, 6) is 0.937. The molecule has 3 atom stereocenters. The van der Waals surface area contributed by atoms with E-state index in [1.165, 1.54) is 18.2 Å². The molecule has 86 heavy (non-hydrogen) atoms. The smallest absolute Gasteiger partial charge is 0.326 e. The van der Waals surface area contributed by atoms with E-state index in [1.807, 2.05) is 77.4 Å². The van der Waals surface area contributed by atoms with Crippen molar-refractivity contribution in [2.24, 2.45) is 4.99 Å². The molecule has 2 fully saturated rings. The summed E-state index contributed by atoms with van der Waals surface area (Å²) in [6.45, 7) is 26.5. The first-order chi connectivity index (χ1) is 41.2. The van der Waals surface area contributed by atoms with E-state index in [-0.39, 0.29) is 61.0 Å². The van der Waals surface area contributed by atoms with Crippen LogP contribution >= 0.6 is 23.2 Å². The number of carbonyl (C=O) groups excluding carboxylic acids is 3. The number of nitrogens with two attached hydrogens (primary N) is 1. The second-order valence-electron chi connectivity index (χ2n) is 23.9. The minimum absolute atomic E-state index is 0.0251. The van der Waals surface area contributed by atoms with Crippen LogP contribution in [0.4, 0.5) is 26.5 Å². The quantitative estimate of drug-likeness (QED) is 0.0642. The number of ketones is 1. The number of fused-ring (bicyclic) bond motifs is 8. The lowest BCUT2D eigenvalue weighted by Gasteiger charge is -2.47. The number of pyridine rings is 1. The summed E-state index contributed by atoms with van der Waals surface area (Å²) < 4.78 is 34.8. The van der Waals surface area contributed by atoms with Crippen LogP contribution in [-0.2, 0) is 43.9 Å². The summed E-state index contributed by atoms with van der Waals surface area (Å²) in [5.41, 5.74) is 11.3. The Morgan fingerprint density at radius 2 is 1.53 bits per heavy atom. The molecule has 0 spiro atoms. The van der Waals surface area contributed by atoms with Gasteiger partial charge in [0.05, 0.1) is 69.1 Å². The van der Waals surface area contributed by atoms with Crippen molar-refractivity contribution in [3.8, 4) is 16.9 Å². The van der Waals surface area contributed by atoms with Gasteiger partial charge in [0, 0.05) is 86.5 Å². The lowest BCUT2D eigenvalue weighted by Crippen LogP contribution is -2.60. The maximum atomic E-state index is 15.5. The van der Waals surface area contributed by atoms with Crippen LogP contribution in [0.1, 0.15) is 124 Å². The van der Waals surface area contributed by atoms with Crippen LogP contribution in [0, 0.1) is 12.4 Å². The van der Waals surface area contributed by atoms with Crippen LogP contribution < -0.4 is 15.4 Å². The average molecular weight is 1210 g/mol. The van der Waals surface area contributed by atoms with Gasteiger partial charge in [0.1, 0.15) is 40.1 Å². The predicted octanol–water partition coefficient (Wildman–Crippen LogP) is 12.3. The Hall–Kier alpha value is -7.40. The van der Waals surface area contributed by atoms with Gasteiger partial charge < -0.3 is 39.5 Å². The molecule has 4 aromatic carbocycles. The first kappa shape index (κ1) is 61.7. The molecule has 4 aliphatic heterocycles. The molecule has 2 saturated heterocycles. The van der Waals surface area contributed by atoms with Crippen molar-refractivity contribution in [1.82, 2.24) is 34.4 Å². The molecule has 0 unspecified atom stereocenters. The Morgan fingerprint density at radius 3 is 2.22 bits per heavy atom. The molecule has 0 radical (unpaired) electrons. The largest absolute Gasteiger partial charge is 0.493 e. The van der Waals surface area contributed by atoms with Gasteiger partial charge in [0.2, 0.25) is 0 Å². The molecule has 20 heteroatoms. The number of hydrogen-bond donors (Lipinski definition) is 1. The molecule has 17 nitrogen and oxygen atoms in total. The Labute approximate surface area is 513 Å². The third-order valence-electron chi connectivity index (χ3n) is 17.5. The number of carbonyl (C=O) groups is 3. The van der Waals surface area contributed by atoms with Gasteiger partial charge in [-0.15, -0.1) is 0 Å². The SMILES string of the molecule is [C-]#[N+]c1nn(CCCC(=O)CCOCCOCCN2CCN(C(=O)N3C(c4ccc(C(C)(C)C)cc4OCC)=N[C@@](C)(c4ccc(Cl)cc4)[C@@]3(C)c3ccc(Cl)cc3)CC2)c2c1-c1cnc(N)c(c1)N1CCC[C@@H]1c1cc(F)ccc1C(=O)N(C)C2. The minimum Gasteiger partial charge on any atom is -0.493 e. The highest BCUT2D eigenvalue weighted by molar-refractivity contribution is 6.30. The number of nitrogen functional groups attached to an aromatic ring is 1. The van der Waals surface area contributed by atoms with Gasteiger partial charge in [0.25, 0.3) is 5.91 Å². The molecule has 4 aliphatic rings. The van der Waals surface area contributed by atoms with Gasteiger partial charge in [-0.2, -0.15) is 4.68 Å². The van der Waals surface area contributed by atoms with E-state index in [9.17, 15) is 14.0 Å². The number of nitrogens with zero attached hydrogens (tertiary/aromatic N) is 10. The van der Waals surface area contributed by atoms with Gasteiger partial charge in [-0.25, -0.2) is 14.2 Å². The van der Waals surface area contributed by atoms with Crippen LogP contribution in [0.15, 0.2) is 102 Å². The van der Waals surface area contributed by atoms with Crippen molar-refractivity contribution in [3.63, 3.8) is 0 Å². The molecule has 6 heterocycles. The van der Waals surface area contributed by atoms with Gasteiger partial charge >= 0.3 is 11.8 Å². The number of ether oxygens (including phenoxy) is 3. The predicted molar refractivity (Wildman–Crippen MR) is 334 cm³/mol. The van der Waals surface area contributed by atoms with Crippen molar-refractivity contribution >= 4 is 64.1 Å². The third kappa shape index (κ3) is 12.4. The molecule has 2 bridgehead atoms. The fraction of sp³-hybridized carbons (Fsp3) is 0.439. The Morgan fingerprint density at radius 1 is 0.849 bits per heavy atom. The summed E-state index contributed by atoms with van der Waals surface area (Å²) in [4.78, 5) is 66.6. The standard InChI is InChI=1S/C66H76Cl2FN11O6/c1-9-86-57-39-46(64(2,3)4)18-24-52(57)61-73-65(5,44-14-19-47(67)20-15-44)66(6,45-16-21-48(68)22-17-45)80(61)63(83)77-31-29-76(30-32-77)33-35-85-37-36-84-34-26-50(81)12-10-28-79-56-42-75(8)62(82)51-25-23-49(69)40-53(51)54-13-11-27-78(54)55-38-43(41-72-59(55)70)58(56)60(71-7)74-79/h14-25,38-41,54H,9-13,26-37,42H2,1-6,8H3,(H2,70,72)/t54-,65+,66-/m1/s1. The number of urea groups is 1. The van der Waals surface area contributed by atoms with Gasteiger partial charge in [-0.1, -0.05) is 80.9 Å². The highest BCUT2D eigenvalue weighted by Crippen LogP contribution is 2.54. The molecular formula is C66H76Cl2FN11O6. The van der Waals surface area contributed by atoms with Crippen LogP contribution in [-0.4, -0.2) is 137 Å². The topological polar surface area (TPSA) is 169 Å². The monoisotopic (exact) mass is 1210 g/mol. The van der Waals surface area contributed by atoms with Gasteiger partial charge in [0.15, 0.2) is 0 Å². The van der Waals surface area contributed by atoms with Crippen LogP contribution in [0.25, 0.3) is 16.0 Å². The Kier molecular flexibility index (Phi) is 18.6. The molecule has 6 aromatic rings. The number of Topliss-reactive ketones (excluding diaryl/α,β-unsaturated/α-hetero) is 1. The molecular weight excluding hydrogens is 1130 g/mol. The molecule has 0 saturated carbocycles. The lowest BCUT2D eigenvalue weighted by atomic mass is 9.71. The van der Waals surface area contributed by atoms with E-state index in [0.29, 0.717) is 146 Å². The zero-order chi connectivity index (χ0) is 61.1. The molecule has 10 rings (SSSR count). The number of aliphatic imine (C=N–C) groups is 1. The highest BCUT2D eigenvalue weighted by Gasteiger charge is 2.60. The highest BCUT2D eigenvalue weighted by atomic mass is 35.5. The second kappa shape index (κ2) is 25.9. The Bertz CT molecular complexity index is 3560. The van der Waals surface area contributed by atoms with Crippen LogP contribution in [0.3, 0.4) is 0 Å². The maximum Gasteiger partial charge on any atom is 0.326 e. The van der Waals surface area contributed by atoms with Crippen molar-refractivity contribution in [2.75, 3.05) is 90.0 Å². The number of aromatic nitrogens is 3. The van der Waals surface area contributed by atoms with Crippen molar-refractivity contribution in [2.45, 2.75) is 109 Å². The van der Waals surface area contributed by atoms with Crippen molar-refractivity contribution in [1.29, 1.82) is 0 Å². The number of aryl methyl sites for hydroxylation is 1. The summed E-state index contributed by atoms with van der Waals surface area (Å²) >= 11 is 13.0. The maximum absolute atomic E-state index is 15.5. The van der Waals surface area contributed by atoms with E-state index in [4.69, 9.17) is 59.8 Å². The number of rotatable bonds is 18. The van der Waals surface area contributed by atoms with Gasteiger partial charge in [-0.3, -0.25) is 24.4 Å². The number of amides is 3. The van der Waals surface area contributed by atoms with Crippen LogP contribution in [0.2, 0.25) is 10.0 Å². The molecule has 2 aromatic heterocycles. The number of amidine groups is 1. The van der Waals surface area contributed by atoms with Gasteiger partial charge in [-0.05, 0) is 139 Å². The normalized spacial score (nSPS) is 19.8. The molecule has 452 valence electrons. The summed E-state index contributed by atoms with van der Waals surface area (Å²) in [7, 11) is 1.69. The fourth-order valence-corrected chi connectivity index (χ4v) is 12.7. The minimum atomic E-state index is -1.04. The second-order valence-corrected chi connectivity index (χ2v) is 24.8. The van der Waals surface area contributed by atoms with Crippen LogP contribution in [0.5, 0.6) is 5.75 Å². The fourth-order valence-electron chi connectivity index (χ4n) is 12.5. The summed E-state index contributed by atoms with van der Waals surface area (Å²) in [5, 5.41) is 5.88. The van der Waals surface area contributed by atoms with E-state index < -0.39 is 16.9 Å². The summed E-state index contributed by atoms with van der Waals surface area (Å²) in [6, 6.07) is 27.3. The van der Waals surface area contributed by atoms with Crippen molar-refractivity contribution in [3.05, 3.63) is 164 Å². The zero-order valence-corrected chi connectivity index (χ0v) is 51.7. The van der Waals surface area contributed by atoms with E-state index >= 15 is 4.79 Å². The average Bonchev–Trinajstić information content (AvgIpc) is 1.54. The van der Waals surface area contributed by atoms with E-state index in [1.54, 1.807) is 22.8 Å². The van der Waals surface area contributed by atoms with Crippen molar-refractivity contribution < 1.29 is 33.0 Å². The number of halogens is 3. The Balaban J connectivity index is 0.726. The number of anilines is 2. The molecule has 3 amide bonds. The first-order valence-electron chi connectivity index (χ1n) is 29.7. The number of piperazine rings is 1. The summed E-state index contributed by atoms with van der Waals surface area (Å²) in [6.07, 6.45) is 4.06.